The molecule has 12 heteroatoms. The Balaban J connectivity index is -0.000000187. The average molecular weight is 451 g/mol. The zero-order valence-electron chi connectivity index (χ0n) is 17.3. The topological polar surface area (TPSA) is 133 Å². The minimum absolute atomic E-state index is 0. The van der Waals surface area contributed by atoms with Gasteiger partial charge in [0, 0.05) is 0 Å². The molecule has 0 aliphatic rings. The molecule has 0 aromatic heterocycles. The Labute approximate surface area is 210 Å². The van der Waals surface area contributed by atoms with Crippen LogP contribution in [0.15, 0.2) is 0 Å². The first kappa shape index (κ1) is 36.1. The summed E-state index contributed by atoms with van der Waals surface area (Å²) < 4.78 is 67.8. The molecule has 0 aromatic rings. The monoisotopic (exact) mass is 450 g/mol. The molecule has 0 aromatic carbocycles. The van der Waals surface area contributed by atoms with Crippen LogP contribution in [0, 0.1) is 0 Å². The largest absolute Gasteiger partial charge is 1.00 e. The van der Waals surface area contributed by atoms with Gasteiger partial charge in [0.15, 0.2) is 0 Å². The van der Waals surface area contributed by atoms with Gasteiger partial charge in [-0.15, -0.1) is 0 Å². The molecule has 0 unspecified atom stereocenters. The van der Waals surface area contributed by atoms with E-state index < -0.39 is 20.8 Å². The van der Waals surface area contributed by atoms with Crippen LogP contribution in [0.25, 0.3) is 0 Å². The van der Waals surface area contributed by atoms with Crippen LogP contribution in [-0.2, 0) is 29.2 Å². The second-order valence-electron chi connectivity index (χ2n) is 5.64. The van der Waals surface area contributed by atoms with Crippen LogP contribution in [0.5, 0.6) is 0 Å². The van der Waals surface area contributed by atoms with E-state index in [4.69, 9.17) is 0 Å². The third-order valence-corrected chi connectivity index (χ3v) is 4.11. The van der Waals surface area contributed by atoms with Gasteiger partial charge in [-0.25, -0.2) is 16.8 Å². The summed E-state index contributed by atoms with van der Waals surface area (Å²) in [5.74, 6) is 0. The molecule has 0 fully saturated rings. The van der Waals surface area contributed by atoms with E-state index in [9.17, 15) is 25.9 Å². The smallest absolute Gasteiger partial charge is 0.726 e. The summed E-state index contributed by atoms with van der Waals surface area (Å²) in [6, 6.07) is 0. The van der Waals surface area contributed by atoms with Crippen molar-refractivity contribution in [2.75, 3.05) is 13.2 Å². The van der Waals surface area contributed by atoms with Crippen molar-refractivity contribution in [2.45, 2.75) is 84.5 Å². The van der Waals surface area contributed by atoms with Crippen molar-refractivity contribution < 1.29 is 93.4 Å². The van der Waals surface area contributed by atoms with Gasteiger partial charge in [0.1, 0.15) is 0 Å². The van der Waals surface area contributed by atoms with Gasteiger partial charge in [0.25, 0.3) is 0 Å². The van der Waals surface area contributed by atoms with Crippen LogP contribution in [0.3, 0.4) is 0 Å². The minimum Gasteiger partial charge on any atom is -0.726 e. The number of hydrogen-bond acceptors (Lipinski definition) is 8. The molecule has 0 radical (unpaired) electrons. The fraction of sp³-hybridized carbons (Fsp3) is 1.00. The van der Waals surface area contributed by atoms with Gasteiger partial charge in [-0.05, 0) is 12.8 Å². The van der Waals surface area contributed by atoms with E-state index in [-0.39, 0.29) is 72.3 Å². The van der Waals surface area contributed by atoms with Crippen LogP contribution >= 0.6 is 0 Å². The van der Waals surface area contributed by atoms with Crippen LogP contribution in [-0.4, -0.2) is 39.2 Å². The van der Waals surface area contributed by atoms with E-state index in [2.05, 4.69) is 15.3 Å². The van der Waals surface area contributed by atoms with E-state index in [0.29, 0.717) is 12.8 Å². The van der Waals surface area contributed by atoms with E-state index in [1.54, 1.807) is 0 Å². The normalized spacial score (nSPS) is 11.0. The van der Waals surface area contributed by atoms with Gasteiger partial charge in [-0.2, -0.15) is 0 Å². The first-order valence-electron chi connectivity index (χ1n) is 8.82. The summed E-state index contributed by atoms with van der Waals surface area (Å²) in [4.78, 5) is 0. The molecule has 0 saturated carbocycles. The third kappa shape index (κ3) is 42.7. The molecule has 0 spiro atoms. The maximum atomic E-state index is 10.0. The summed E-state index contributed by atoms with van der Waals surface area (Å²) in [5, 5.41) is 0. The molecule has 0 rings (SSSR count). The Morgan fingerprint density at radius 1 is 0.556 bits per heavy atom. The van der Waals surface area contributed by atoms with Crippen LogP contribution in [0.4, 0.5) is 0 Å². The van der Waals surface area contributed by atoms with Gasteiger partial charge in [0.05, 0.1) is 13.2 Å². The number of unbranched alkanes of at least 4 members (excludes halogenated alkanes) is 9. The average Bonchev–Trinajstić information content (AvgIpc) is 2.48. The van der Waals surface area contributed by atoms with Gasteiger partial charge < -0.3 is 9.11 Å². The maximum Gasteiger partial charge on any atom is 1.00 e. The summed E-state index contributed by atoms with van der Waals surface area (Å²) in [5.41, 5.74) is 0. The fourth-order valence-electron chi connectivity index (χ4n) is 1.91. The van der Waals surface area contributed by atoms with Crippen molar-refractivity contribution >= 4 is 20.8 Å². The Morgan fingerprint density at radius 2 is 0.815 bits per heavy atom. The molecule has 0 atom stereocenters. The maximum absolute atomic E-state index is 10.0. The zero-order valence-corrected chi connectivity index (χ0v) is 22.9. The molecule has 0 saturated heterocycles. The van der Waals surface area contributed by atoms with E-state index in [0.717, 1.165) is 32.1 Å². The molecule has 154 valence electrons. The van der Waals surface area contributed by atoms with Crippen LogP contribution in [0.2, 0.25) is 0 Å². The molecule has 0 aliphatic heterocycles. The second kappa shape index (κ2) is 24.0. The van der Waals surface area contributed by atoms with Crippen molar-refractivity contribution in [3.05, 3.63) is 0 Å². The molecule has 0 amide bonds. The van der Waals surface area contributed by atoms with Gasteiger partial charge in [0.2, 0.25) is 20.8 Å². The summed E-state index contributed by atoms with van der Waals surface area (Å²) in [6.45, 7) is 4.25. The predicted octanol–water partition coefficient (Wildman–Crippen LogP) is -2.73. The first-order valence-corrected chi connectivity index (χ1v) is 11.5. The Morgan fingerprint density at radius 3 is 1.11 bits per heavy atom. The fourth-order valence-corrected chi connectivity index (χ4v) is 2.55. The van der Waals surface area contributed by atoms with Crippen molar-refractivity contribution in [1.29, 1.82) is 0 Å². The van der Waals surface area contributed by atoms with Gasteiger partial charge >= 0.3 is 59.1 Å². The molecule has 0 heterocycles. The second-order valence-corrected chi connectivity index (χ2v) is 7.75. The van der Waals surface area contributed by atoms with E-state index in [1.807, 2.05) is 6.92 Å². The van der Waals surface area contributed by atoms with Crippen molar-refractivity contribution in [1.82, 2.24) is 0 Å². The Hall–Kier alpha value is 1.74. The van der Waals surface area contributed by atoms with E-state index in [1.165, 1.54) is 25.7 Å². The number of rotatable bonds is 15. The standard InChI is InChI=1S/C9H20O4S.C6H14O4S.2Na/c1-2-3-4-5-6-7-8-9-13-14(10,11)12;1-2-3-4-5-6-10-11(7,8)9;;/h2-9H2,1H3,(H,10,11,12);2-6H2,1H3,(H,7,8,9);;/q;;2*+1/p-2. The predicted molar refractivity (Wildman–Crippen MR) is 93.4 cm³/mol. The summed E-state index contributed by atoms with van der Waals surface area (Å²) in [6.07, 6.45) is 11.2. The van der Waals surface area contributed by atoms with Crippen molar-refractivity contribution in [2.24, 2.45) is 0 Å². The van der Waals surface area contributed by atoms with E-state index >= 15 is 0 Å². The molecule has 0 N–H and O–H groups in total. The zero-order chi connectivity index (χ0) is 19.6. The van der Waals surface area contributed by atoms with Crippen molar-refractivity contribution in [3.8, 4) is 0 Å². The van der Waals surface area contributed by atoms with Crippen LogP contribution < -0.4 is 59.1 Å². The minimum atomic E-state index is -4.48. The molecular weight excluding hydrogens is 418 g/mol. The molecule has 8 nitrogen and oxygen atoms in total. The molecular formula is C15H32Na2O8S2. The summed E-state index contributed by atoms with van der Waals surface area (Å²) >= 11 is 0. The molecule has 0 bridgehead atoms. The third-order valence-electron chi connectivity index (χ3n) is 3.20. The molecule has 0 aliphatic carbocycles. The van der Waals surface area contributed by atoms with Crippen molar-refractivity contribution in [3.63, 3.8) is 0 Å². The summed E-state index contributed by atoms with van der Waals surface area (Å²) in [7, 11) is -8.94. The van der Waals surface area contributed by atoms with Gasteiger partial charge in [-0.3, -0.25) is 8.37 Å². The van der Waals surface area contributed by atoms with Gasteiger partial charge in [-0.1, -0.05) is 71.6 Å². The molecule has 27 heavy (non-hydrogen) atoms. The van der Waals surface area contributed by atoms with Crippen LogP contribution in [0.1, 0.15) is 84.5 Å². The quantitative estimate of drug-likeness (QED) is 0.114. The number of hydrogen-bond donors (Lipinski definition) is 0. The Kier molecular flexibility index (Phi) is 32.1. The first-order chi connectivity index (χ1) is 11.6. The Bertz CT molecular complexity index is 484. The SMILES string of the molecule is CCCCCCCCCOS(=O)(=O)[O-].CCCCCCOS(=O)(=O)[O-].[Na+].[Na+].